The zero-order valence-corrected chi connectivity index (χ0v) is 15.1. The van der Waals surface area contributed by atoms with Gasteiger partial charge in [-0.25, -0.2) is 0 Å². The third kappa shape index (κ3) is 5.99. The summed E-state index contributed by atoms with van der Waals surface area (Å²) in [7, 11) is 0. The summed E-state index contributed by atoms with van der Waals surface area (Å²) in [6.07, 6.45) is 0.321. The maximum atomic E-state index is 12.2. The Bertz CT molecular complexity index is 655. The van der Waals surface area contributed by atoms with Crippen molar-refractivity contribution >= 4 is 11.7 Å². The van der Waals surface area contributed by atoms with E-state index in [1.165, 1.54) is 0 Å². The molecule has 0 aliphatic heterocycles. The smallest absolute Gasteiger partial charge is 0.226 e. The summed E-state index contributed by atoms with van der Waals surface area (Å²) in [5, 5.41) is 16.3. The average molecular weight is 345 g/mol. The van der Waals surface area contributed by atoms with Gasteiger partial charge < -0.3 is 14.9 Å². The van der Waals surface area contributed by atoms with Gasteiger partial charge in [-0.3, -0.25) is 9.69 Å². The van der Waals surface area contributed by atoms with E-state index in [1.807, 2.05) is 18.2 Å². The van der Waals surface area contributed by atoms with Crippen molar-refractivity contribution in [1.82, 2.24) is 10.1 Å². The Morgan fingerprint density at radius 1 is 1.32 bits per heavy atom. The highest BCUT2D eigenvalue weighted by molar-refractivity contribution is 5.89. The Morgan fingerprint density at radius 3 is 2.60 bits per heavy atom. The van der Waals surface area contributed by atoms with Crippen molar-refractivity contribution in [1.29, 1.82) is 0 Å². The molecule has 25 heavy (non-hydrogen) atoms. The van der Waals surface area contributed by atoms with E-state index >= 15 is 0 Å². The van der Waals surface area contributed by atoms with E-state index in [4.69, 9.17) is 4.52 Å². The Morgan fingerprint density at radius 2 is 2.04 bits per heavy atom. The number of amides is 1. The largest absolute Gasteiger partial charge is 0.395 e. The maximum absolute atomic E-state index is 12.2. The van der Waals surface area contributed by atoms with E-state index in [0.717, 1.165) is 5.56 Å². The molecule has 1 amide bonds. The first-order chi connectivity index (χ1) is 12.0. The van der Waals surface area contributed by atoms with Crippen molar-refractivity contribution in [2.75, 3.05) is 18.5 Å². The van der Waals surface area contributed by atoms with Crippen LogP contribution in [-0.2, 0) is 11.3 Å². The number of nitrogens with zero attached hydrogens (tertiary/aromatic N) is 2. The van der Waals surface area contributed by atoms with Gasteiger partial charge >= 0.3 is 0 Å². The monoisotopic (exact) mass is 345 g/mol. The van der Waals surface area contributed by atoms with Gasteiger partial charge in [-0.1, -0.05) is 49.3 Å². The lowest BCUT2D eigenvalue weighted by molar-refractivity contribution is -0.116. The fourth-order valence-corrected chi connectivity index (χ4v) is 2.80. The van der Waals surface area contributed by atoms with Crippen LogP contribution in [0.15, 0.2) is 40.9 Å². The van der Waals surface area contributed by atoms with E-state index in [9.17, 15) is 9.90 Å². The molecule has 136 valence electrons. The van der Waals surface area contributed by atoms with Gasteiger partial charge in [-0.2, -0.15) is 0 Å². The molecule has 1 heterocycles. The molecule has 0 aliphatic rings. The van der Waals surface area contributed by atoms with Crippen molar-refractivity contribution in [3.63, 3.8) is 0 Å². The summed E-state index contributed by atoms with van der Waals surface area (Å²) < 4.78 is 4.95. The zero-order chi connectivity index (χ0) is 18.2. The second-order valence-electron chi connectivity index (χ2n) is 6.57. The number of aliphatic hydroxyl groups excluding tert-OH is 1. The van der Waals surface area contributed by atoms with Crippen molar-refractivity contribution < 1.29 is 14.4 Å². The van der Waals surface area contributed by atoms with Crippen LogP contribution in [0, 0.1) is 12.8 Å². The van der Waals surface area contributed by atoms with Gasteiger partial charge in [-0.05, 0) is 18.4 Å². The van der Waals surface area contributed by atoms with Crippen molar-refractivity contribution in [2.24, 2.45) is 5.92 Å². The third-order valence-corrected chi connectivity index (χ3v) is 4.18. The standard InChI is InChI=1S/C19H27N3O3/c1-14(2)17(13-23)22(12-16-7-5-4-6-8-16)10-9-19(24)20-18-11-15(3)25-21-18/h4-8,11,14,17,23H,9-10,12-13H2,1-3H3,(H,20,21,24). The number of hydrogen-bond donors (Lipinski definition) is 2. The first-order valence-electron chi connectivity index (χ1n) is 8.61. The topological polar surface area (TPSA) is 78.6 Å². The van der Waals surface area contributed by atoms with Crippen molar-refractivity contribution in [3.8, 4) is 0 Å². The number of aryl methyl sites for hydroxylation is 1. The Balaban J connectivity index is 1.98. The molecule has 2 N–H and O–H groups in total. The minimum atomic E-state index is -0.119. The van der Waals surface area contributed by atoms with E-state index in [0.29, 0.717) is 31.1 Å². The molecule has 0 spiro atoms. The van der Waals surface area contributed by atoms with Crippen molar-refractivity contribution in [2.45, 2.75) is 39.8 Å². The molecule has 1 aromatic heterocycles. The lowest BCUT2D eigenvalue weighted by Gasteiger charge is -2.33. The number of nitrogens with one attached hydrogen (secondary N) is 1. The van der Waals surface area contributed by atoms with Crippen molar-refractivity contribution in [3.05, 3.63) is 47.7 Å². The summed E-state index contributed by atoms with van der Waals surface area (Å²) in [6, 6.07) is 11.8. The SMILES string of the molecule is Cc1cc(NC(=O)CCN(Cc2ccccc2)C(CO)C(C)C)no1. The van der Waals surface area contributed by atoms with Gasteiger partial charge in [0, 0.05) is 31.6 Å². The lowest BCUT2D eigenvalue weighted by atomic mass is 10.0. The Labute approximate surface area is 148 Å². The van der Waals surface area contributed by atoms with E-state index < -0.39 is 0 Å². The predicted molar refractivity (Wildman–Crippen MR) is 97.1 cm³/mol. The molecule has 2 aromatic rings. The van der Waals surface area contributed by atoms with Gasteiger partial charge in [0.15, 0.2) is 5.82 Å². The Hall–Kier alpha value is -2.18. The molecule has 6 nitrogen and oxygen atoms in total. The number of hydrogen-bond acceptors (Lipinski definition) is 5. The predicted octanol–water partition coefficient (Wildman–Crippen LogP) is 2.83. The van der Waals surface area contributed by atoms with Crippen LogP contribution in [0.2, 0.25) is 0 Å². The highest BCUT2D eigenvalue weighted by Crippen LogP contribution is 2.16. The molecular formula is C19H27N3O3. The van der Waals surface area contributed by atoms with E-state index in [1.54, 1.807) is 13.0 Å². The van der Waals surface area contributed by atoms with Gasteiger partial charge in [0.05, 0.1) is 6.61 Å². The molecule has 2 rings (SSSR count). The Kier molecular flexibility index (Phi) is 7.16. The first kappa shape index (κ1) is 19.1. The number of aromatic nitrogens is 1. The van der Waals surface area contributed by atoms with Gasteiger partial charge in [0.2, 0.25) is 5.91 Å². The molecule has 0 aliphatic carbocycles. The number of rotatable bonds is 9. The van der Waals surface area contributed by atoms with E-state index in [-0.39, 0.29) is 24.5 Å². The van der Waals surface area contributed by atoms with Crippen LogP contribution in [0.5, 0.6) is 0 Å². The minimum absolute atomic E-state index is 0.00213. The molecule has 0 radical (unpaired) electrons. The summed E-state index contributed by atoms with van der Waals surface area (Å²) >= 11 is 0. The first-order valence-corrected chi connectivity index (χ1v) is 8.61. The molecule has 1 aromatic carbocycles. The zero-order valence-electron chi connectivity index (χ0n) is 15.1. The van der Waals surface area contributed by atoms with Crippen LogP contribution in [0.1, 0.15) is 31.6 Å². The second kappa shape index (κ2) is 9.34. The van der Waals surface area contributed by atoms with Gasteiger partial charge in [0.25, 0.3) is 0 Å². The molecule has 0 fully saturated rings. The van der Waals surface area contributed by atoms with Gasteiger partial charge in [0.1, 0.15) is 5.76 Å². The van der Waals surface area contributed by atoms with Crippen LogP contribution in [0.4, 0.5) is 5.82 Å². The highest BCUT2D eigenvalue weighted by Gasteiger charge is 2.22. The minimum Gasteiger partial charge on any atom is -0.395 e. The normalized spacial score (nSPS) is 12.6. The summed E-state index contributed by atoms with van der Waals surface area (Å²) in [5.74, 6) is 1.25. The summed E-state index contributed by atoms with van der Waals surface area (Å²) in [5.41, 5.74) is 1.16. The molecule has 0 saturated heterocycles. The van der Waals surface area contributed by atoms with E-state index in [2.05, 4.69) is 41.4 Å². The number of benzene rings is 1. The number of carbonyl (C=O) groups is 1. The van der Waals surface area contributed by atoms with Crippen LogP contribution in [-0.4, -0.2) is 40.3 Å². The number of aliphatic hydroxyl groups is 1. The molecule has 0 bridgehead atoms. The molecular weight excluding hydrogens is 318 g/mol. The van der Waals surface area contributed by atoms with Crippen LogP contribution >= 0.6 is 0 Å². The average Bonchev–Trinajstić information content (AvgIpc) is 2.98. The fraction of sp³-hybridized carbons (Fsp3) is 0.474. The van der Waals surface area contributed by atoms with Gasteiger partial charge in [-0.15, -0.1) is 0 Å². The fourth-order valence-electron chi connectivity index (χ4n) is 2.80. The number of carbonyl (C=O) groups excluding carboxylic acids is 1. The maximum Gasteiger partial charge on any atom is 0.226 e. The van der Waals surface area contributed by atoms with Crippen LogP contribution in [0.3, 0.4) is 0 Å². The number of anilines is 1. The summed E-state index contributed by atoms with van der Waals surface area (Å²) in [6.45, 7) is 7.25. The second-order valence-corrected chi connectivity index (χ2v) is 6.57. The quantitative estimate of drug-likeness (QED) is 0.731. The van der Waals surface area contributed by atoms with Crippen LogP contribution < -0.4 is 5.32 Å². The highest BCUT2D eigenvalue weighted by atomic mass is 16.5. The van der Waals surface area contributed by atoms with Crippen LogP contribution in [0.25, 0.3) is 0 Å². The molecule has 6 heteroatoms. The lowest BCUT2D eigenvalue weighted by Crippen LogP contribution is -2.42. The third-order valence-electron chi connectivity index (χ3n) is 4.18. The summed E-state index contributed by atoms with van der Waals surface area (Å²) in [4.78, 5) is 14.3. The molecule has 1 unspecified atom stereocenters. The molecule has 1 atom stereocenters. The molecule has 0 saturated carbocycles.